The number of unbranched alkanes of at least 4 members (excludes halogenated alkanes) is 1. The molecule has 5 heterocycles. The van der Waals surface area contributed by atoms with Gasteiger partial charge in [0.2, 0.25) is 30.4 Å². The maximum Gasteiger partial charge on any atom is 0.343 e. The van der Waals surface area contributed by atoms with E-state index in [-0.39, 0.29) is 75.3 Å². The van der Waals surface area contributed by atoms with Gasteiger partial charge in [0.05, 0.1) is 42.2 Å². The summed E-state index contributed by atoms with van der Waals surface area (Å²) in [6.45, 7) is 7.68. The highest BCUT2D eigenvalue weighted by Crippen LogP contribution is 2.43. The third-order valence-electron chi connectivity index (χ3n) is 10.9. The van der Waals surface area contributed by atoms with Crippen LogP contribution in [0.4, 0.5) is 0 Å². The number of fused-ring (bicyclic) bond motifs is 6. The zero-order chi connectivity index (χ0) is 42.4. The van der Waals surface area contributed by atoms with Gasteiger partial charge in [-0.05, 0) is 62.3 Å². The summed E-state index contributed by atoms with van der Waals surface area (Å²) in [6.07, 6.45) is 2.29. The molecule has 2 aromatic heterocycles. The third-order valence-corrected chi connectivity index (χ3v) is 10.9. The van der Waals surface area contributed by atoms with Gasteiger partial charge in [-0.1, -0.05) is 27.7 Å². The molecular weight excluding hydrogens is 766 g/mol. The van der Waals surface area contributed by atoms with E-state index >= 15 is 0 Å². The maximum absolute atomic E-state index is 13.9. The van der Waals surface area contributed by atoms with Gasteiger partial charge in [0.1, 0.15) is 18.7 Å². The molecule has 7 N–H and O–H groups in total. The number of nitrogens with one attached hydrogen (secondary N) is 4. The Labute approximate surface area is 340 Å². The molecule has 0 bridgehead atoms. The second-order valence-corrected chi connectivity index (χ2v) is 15.2. The predicted molar refractivity (Wildman–Crippen MR) is 213 cm³/mol. The van der Waals surface area contributed by atoms with Crippen molar-refractivity contribution in [2.75, 3.05) is 33.1 Å². The van der Waals surface area contributed by atoms with E-state index in [2.05, 4.69) is 21.3 Å². The average Bonchev–Trinajstić information content (AvgIpc) is 3.84. The number of esters is 1. The van der Waals surface area contributed by atoms with E-state index in [4.69, 9.17) is 29.7 Å². The summed E-state index contributed by atoms with van der Waals surface area (Å²) in [7, 11) is 0. The molecule has 3 aliphatic rings. The first kappa shape index (κ1) is 43.0. The van der Waals surface area contributed by atoms with Gasteiger partial charge in [-0.2, -0.15) is 0 Å². The molecule has 3 aliphatic heterocycles. The molecule has 0 spiro atoms. The van der Waals surface area contributed by atoms with E-state index in [1.54, 1.807) is 39.0 Å². The highest BCUT2D eigenvalue weighted by atomic mass is 16.7. The van der Waals surface area contributed by atoms with Crippen LogP contribution in [0, 0.1) is 5.92 Å². The van der Waals surface area contributed by atoms with Crippen LogP contribution in [0.5, 0.6) is 11.5 Å². The summed E-state index contributed by atoms with van der Waals surface area (Å²) in [6, 6.07) is 3.17. The molecule has 0 fully saturated rings. The minimum absolute atomic E-state index is 0.00995. The number of nitrogens with zero attached hydrogens (tertiary/aromatic N) is 2. The molecule has 3 atom stereocenters. The van der Waals surface area contributed by atoms with Crippen LogP contribution in [0.2, 0.25) is 0 Å². The van der Waals surface area contributed by atoms with Crippen LogP contribution in [0.3, 0.4) is 0 Å². The molecule has 0 saturated carbocycles. The van der Waals surface area contributed by atoms with Crippen molar-refractivity contribution < 1.29 is 48.0 Å². The number of cyclic esters (lactones) is 1. The summed E-state index contributed by atoms with van der Waals surface area (Å²) in [5, 5.41) is 23.0. The Hall–Kier alpha value is -5.59. The fourth-order valence-electron chi connectivity index (χ4n) is 7.51. The van der Waals surface area contributed by atoms with Crippen molar-refractivity contribution in [2.24, 2.45) is 11.7 Å². The van der Waals surface area contributed by atoms with Crippen LogP contribution in [-0.2, 0) is 58.7 Å². The first-order valence-corrected chi connectivity index (χ1v) is 20.1. The molecule has 0 aliphatic carbocycles. The van der Waals surface area contributed by atoms with E-state index in [1.807, 2.05) is 6.92 Å². The predicted octanol–water partition coefficient (Wildman–Crippen LogP) is 1.11. The van der Waals surface area contributed by atoms with Crippen molar-refractivity contribution in [1.82, 2.24) is 30.8 Å². The number of amides is 4. The Morgan fingerprint density at radius 3 is 2.44 bits per heavy atom. The number of rotatable bonds is 19. The molecule has 0 saturated heterocycles. The van der Waals surface area contributed by atoms with Crippen LogP contribution in [-0.4, -0.2) is 89.4 Å². The zero-order valence-electron chi connectivity index (χ0n) is 33.9. The molecule has 4 amide bonds. The number of ether oxygens (including phenoxy) is 4. The summed E-state index contributed by atoms with van der Waals surface area (Å²) in [5.41, 5.74) is 6.20. The van der Waals surface area contributed by atoms with Crippen molar-refractivity contribution in [2.45, 2.75) is 104 Å². The van der Waals surface area contributed by atoms with Crippen LogP contribution in [0.1, 0.15) is 88.5 Å². The highest BCUT2D eigenvalue weighted by Gasteiger charge is 2.45. The molecular formula is C41H53N7O11. The Morgan fingerprint density at radius 1 is 0.966 bits per heavy atom. The Bertz CT molecular complexity index is 2190. The lowest BCUT2D eigenvalue weighted by Crippen LogP contribution is -2.56. The van der Waals surface area contributed by atoms with E-state index < -0.39 is 53.5 Å². The van der Waals surface area contributed by atoms with Crippen LogP contribution >= 0.6 is 0 Å². The summed E-state index contributed by atoms with van der Waals surface area (Å²) in [5.74, 6) is -2.15. The fraction of sp³-hybridized carbons (Fsp3) is 0.537. The number of hydrogen-bond acceptors (Lipinski definition) is 13. The monoisotopic (exact) mass is 819 g/mol. The minimum atomic E-state index is -2.00. The van der Waals surface area contributed by atoms with Gasteiger partial charge in [-0.3, -0.25) is 24.0 Å². The van der Waals surface area contributed by atoms with E-state index in [9.17, 15) is 33.9 Å². The largest absolute Gasteiger partial charge is 0.458 e. The first-order chi connectivity index (χ1) is 28.3. The number of nitrogens with two attached hydrogens (primary N) is 1. The Kier molecular flexibility index (Phi) is 13.5. The summed E-state index contributed by atoms with van der Waals surface area (Å²) in [4.78, 5) is 84.4. The first-order valence-electron chi connectivity index (χ1n) is 20.1. The van der Waals surface area contributed by atoms with Crippen molar-refractivity contribution in [3.05, 3.63) is 50.8 Å². The number of pyridine rings is 2. The molecule has 6 rings (SSSR count). The van der Waals surface area contributed by atoms with E-state index in [0.717, 1.165) is 6.42 Å². The van der Waals surface area contributed by atoms with Crippen molar-refractivity contribution in [3.8, 4) is 22.9 Å². The van der Waals surface area contributed by atoms with Gasteiger partial charge in [-0.15, -0.1) is 0 Å². The number of aliphatic hydroxyl groups is 1. The van der Waals surface area contributed by atoms with Gasteiger partial charge >= 0.3 is 5.97 Å². The highest BCUT2D eigenvalue weighted by molar-refractivity contribution is 5.94. The summed E-state index contributed by atoms with van der Waals surface area (Å²) >= 11 is 0. The Balaban J connectivity index is 1.19. The lowest BCUT2D eigenvalue weighted by molar-refractivity contribution is -0.172. The molecule has 18 nitrogen and oxygen atoms in total. The lowest BCUT2D eigenvalue weighted by Gasteiger charge is -2.31. The average molecular weight is 820 g/mol. The van der Waals surface area contributed by atoms with Gasteiger partial charge in [-0.25, -0.2) is 9.78 Å². The second-order valence-electron chi connectivity index (χ2n) is 15.2. The Morgan fingerprint density at radius 2 is 1.73 bits per heavy atom. The lowest BCUT2D eigenvalue weighted by atomic mass is 9.86. The van der Waals surface area contributed by atoms with E-state index in [1.165, 1.54) is 4.57 Å². The quantitative estimate of drug-likeness (QED) is 0.0574. The molecule has 318 valence electrons. The van der Waals surface area contributed by atoms with Crippen molar-refractivity contribution in [1.29, 1.82) is 0 Å². The molecule has 0 radical (unpaired) electrons. The minimum Gasteiger partial charge on any atom is -0.458 e. The molecule has 1 aromatic carbocycles. The fourth-order valence-corrected chi connectivity index (χ4v) is 7.51. The summed E-state index contributed by atoms with van der Waals surface area (Å²) < 4.78 is 23.4. The van der Waals surface area contributed by atoms with Crippen LogP contribution in [0.25, 0.3) is 22.3 Å². The molecule has 3 aromatic rings. The van der Waals surface area contributed by atoms with Gasteiger partial charge in [0, 0.05) is 42.2 Å². The number of hydrogen-bond donors (Lipinski definition) is 6. The van der Waals surface area contributed by atoms with Crippen molar-refractivity contribution in [3.63, 3.8) is 0 Å². The smallest absolute Gasteiger partial charge is 0.343 e. The van der Waals surface area contributed by atoms with E-state index in [0.29, 0.717) is 70.9 Å². The maximum atomic E-state index is 13.9. The normalized spacial score (nSPS) is 17.1. The topological polar surface area (TPSA) is 252 Å². The SMILES string of the molecule is CCCOCCC(=O)N[C@H](C(=O)N[C@@H](CCCCN)C(=O)NCC(=O)NCc1c2c(nc3cc4c(cc13)OCO4)-c1cc3c(c(=O)n1C2)COC(=O)[C@]3(O)CC)C(C)C. The number of aromatic nitrogens is 2. The van der Waals surface area contributed by atoms with Crippen LogP contribution in [0.15, 0.2) is 23.0 Å². The molecule has 59 heavy (non-hydrogen) atoms. The van der Waals surface area contributed by atoms with Crippen molar-refractivity contribution >= 4 is 40.5 Å². The van der Waals surface area contributed by atoms with Gasteiger partial charge < -0.3 is 55.6 Å². The number of carbonyl (C=O) groups is 5. The zero-order valence-corrected chi connectivity index (χ0v) is 33.9. The van der Waals surface area contributed by atoms with Gasteiger partial charge in [0.15, 0.2) is 17.1 Å². The standard InChI is InChI=1S/C41H53N7O11/c1-5-12-56-13-10-33(49)47-35(22(3)4)38(52)46-28(9-7-8-11-42)37(51)44-18-34(50)43-17-24-23-14-31-32(59-21-58-31)16-29(23)45-36-25(24)19-48-30(36)15-27-26(39(48)53)20-57-40(54)41(27,55)6-2/h14-16,22,28,35,55H,5-13,17-21,42H2,1-4H3,(H,43,50)(H,44,51)(H,46,52)(H,47,49)/t28-,35-,41-/m0/s1. The molecule has 18 heteroatoms. The molecule has 0 unspecified atom stereocenters. The number of carbonyl (C=O) groups excluding carboxylic acids is 5. The second kappa shape index (κ2) is 18.6. The number of benzene rings is 1. The van der Waals surface area contributed by atoms with Gasteiger partial charge in [0.25, 0.3) is 5.56 Å². The van der Waals surface area contributed by atoms with Crippen LogP contribution < -0.4 is 42.0 Å². The third kappa shape index (κ3) is 9.04.